The van der Waals surface area contributed by atoms with E-state index in [1.165, 1.54) is 57.5 Å². The molecular formula is C17H27N3. The number of aromatic nitrogens is 1. The Hall–Kier alpha value is -1.09. The van der Waals surface area contributed by atoms with Gasteiger partial charge in [0.05, 0.1) is 0 Å². The maximum absolute atomic E-state index is 4.30. The number of nitrogens with zero attached hydrogens (tertiary/aromatic N) is 3. The first-order valence-corrected chi connectivity index (χ1v) is 8.16. The standard InChI is InChI=1S/C17H27N3/c1-14-13-17(5-8-18-14)20-11-6-16(7-12-20)15(2)19-9-3-4-10-19/h5,8,13,15-16H,3-4,6-7,9-12H2,1-2H3. The van der Waals surface area contributed by atoms with E-state index in [2.05, 4.69) is 40.8 Å². The molecule has 0 amide bonds. The molecular weight excluding hydrogens is 246 g/mol. The van der Waals surface area contributed by atoms with E-state index in [1.54, 1.807) is 0 Å². The molecule has 0 spiro atoms. The number of aryl methyl sites for hydroxylation is 1. The largest absolute Gasteiger partial charge is 0.371 e. The van der Waals surface area contributed by atoms with Gasteiger partial charge in [-0.3, -0.25) is 4.98 Å². The Balaban J connectivity index is 1.56. The van der Waals surface area contributed by atoms with Crippen LogP contribution in [-0.2, 0) is 0 Å². The average Bonchev–Trinajstić information content (AvgIpc) is 3.01. The Bertz CT molecular complexity index is 432. The van der Waals surface area contributed by atoms with Crippen molar-refractivity contribution in [2.24, 2.45) is 5.92 Å². The molecule has 110 valence electrons. The molecule has 3 rings (SSSR count). The first kappa shape index (κ1) is 13.9. The average molecular weight is 273 g/mol. The van der Waals surface area contributed by atoms with Gasteiger partial charge in [0.1, 0.15) is 0 Å². The van der Waals surface area contributed by atoms with Crippen molar-refractivity contribution < 1.29 is 0 Å². The van der Waals surface area contributed by atoms with Crippen LogP contribution >= 0.6 is 0 Å². The number of hydrogen-bond donors (Lipinski definition) is 0. The van der Waals surface area contributed by atoms with Crippen molar-refractivity contribution in [2.75, 3.05) is 31.1 Å². The fourth-order valence-electron chi connectivity index (χ4n) is 3.81. The molecule has 0 radical (unpaired) electrons. The molecule has 2 saturated heterocycles. The lowest BCUT2D eigenvalue weighted by molar-refractivity contribution is 0.168. The van der Waals surface area contributed by atoms with E-state index < -0.39 is 0 Å². The van der Waals surface area contributed by atoms with Gasteiger partial charge < -0.3 is 9.80 Å². The Morgan fingerprint density at radius 2 is 1.85 bits per heavy atom. The molecule has 3 nitrogen and oxygen atoms in total. The van der Waals surface area contributed by atoms with Crippen molar-refractivity contribution in [1.82, 2.24) is 9.88 Å². The molecule has 0 saturated carbocycles. The van der Waals surface area contributed by atoms with E-state index in [-0.39, 0.29) is 0 Å². The highest BCUT2D eigenvalue weighted by molar-refractivity contribution is 5.46. The van der Waals surface area contributed by atoms with Gasteiger partial charge in [-0.25, -0.2) is 0 Å². The van der Waals surface area contributed by atoms with Gasteiger partial charge in [-0.15, -0.1) is 0 Å². The van der Waals surface area contributed by atoms with Crippen LogP contribution in [-0.4, -0.2) is 42.1 Å². The van der Waals surface area contributed by atoms with Crippen LogP contribution in [0.15, 0.2) is 18.3 Å². The van der Waals surface area contributed by atoms with Gasteiger partial charge in [-0.1, -0.05) is 0 Å². The van der Waals surface area contributed by atoms with Crippen LogP contribution in [0.4, 0.5) is 5.69 Å². The second-order valence-corrected chi connectivity index (χ2v) is 6.46. The first-order chi connectivity index (χ1) is 9.74. The third-order valence-electron chi connectivity index (χ3n) is 5.18. The molecule has 3 heteroatoms. The van der Waals surface area contributed by atoms with Crippen LogP contribution in [0.5, 0.6) is 0 Å². The molecule has 0 N–H and O–H groups in total. The lowest BCUT2D eigenvalue weighted by Gasteiger charge is -2.39. The van der Waals surface area contributed by atoms with Crippen molar-refractivity contribution in [3.05, 3.63) is 24.0 Å². The summed E-state index contributed by atoms with van der Waals surface area (Å²) < 4.78 is 0. The van der Waals surface area contributed by atoms with E-state index in [0.29, 0.717) is 0 Å². The summed E-state index contributed by atoms with van der Waals surface area (Å²) in [4.78, 5) is 9.53. The number of likely N-dealkylation sites (tertiary alicyclic amines) is 1. The number of pyridine rings is 1. The first-order valence-electron chi connectivity index (χ1n) is 8.16. The fourth-order valence-corrected chi connectivity index (χ4v) is 3.81. The molecule has 0 aliphatic carbocycles. The summed E-state index contributed by atoms with van der Waals surface area (Å²) in [5.74, 6) is 0.882. The minimum atomic E-state index is 0.777. The molecule has 1 unspecified atom stereocenters. The van der Waals surface area contributed by atoms with Gasteiger partial charge in [0.15, 0.2) is 0 Å². The summed E-state index contributed by atoms with van der Waals surface area (Å²) in [6.45, 7) is 9.57. The molecule has 3 heterocycles. The van der Waals surface area contributed by atoms with Crippen LogP contribution < -0.4 is 4.90 Å². The second-order valence-electron chi connectivity index (χ2n) is 6.46. The highest BCUT2D eigenvalue weighted by Gasteiger charge is 2.28. The summed E-state index contributed by atoms with van der Waals surface area (Å²) in [5, 5.41) is 0. The van der Waals surface area contributed by atoms with Gasteiger partial charge in [0, 0.05) is 36.7 Å². The minimum Gasteiger partial charge on any atom is -0.371 e. The van der Waals surface area contributed by atoms with E-state index in [1.807, 2.05) is 6.20 Å². The third-order valence-corrected chi connectivity index (χ3v) is 5.18. The summed E-state index contributed by atoms with van der Waals surface area (Å²) >= 11 is 0. The van der Waals surface area contributed by atoms with E-state index >= 15 is 0 Å². The number of piperidine rings is 1. The zero-order valence-electron chi connectivity index (χ0n) is 12.9. The van der Waals surface area contributed by atoms with Crippen molar-refractivity contribution in [1.29, 1.82) is 0 Å². The van der Waals surface area contributed by atoms with Gasteiger partial charge in [-0.05, 0) is 70.7 Å². The van der Waals surface area contributed by atoms with Gasteiger partial charge in [0.25, 0.3) is 0 Å². The van der Waals surface area contributed by atoms with Crippen LogP contribution in [0.25, 0.3) is 0 Å². The SMILES string of the molecule is Cc1cc(N2CCC(C(C)N3CCCC3)CC2)ccn1. The molecule has 2 aliphatic rings. The minimum absolute atomic E-state index is 0.777. The van der Waals surface area contributed by atoms with Crippen molar-refractivity contribution in [3.8, 4) is 0 Å². The summed E-state index contributed by atoms with van der Waals surface area (Å²) in [6.07, 6.45) is 7.40. The maximum atomic E-state index is 4.30. The predicted molar refractivity (Wildman–Crippen MR) is 84.2 cm³/mol. The molecule has 0 bridgehead atoms. The lowest BCUT2D eigenvalue weighted by Crippen LogP contribution is -2.43. The van der Waals surface area contributed by atoms with Gasteiger partial charge >= 0.3 is 0 Å². The summed E-state index contributed by atoms with van der Waals surface area (Å²) in [6, 6.07) is 5.14. The number of rotatable bonds is 3. The topological polar surface area (TPSA) is 19.4 Å². The van der Waals surface area contributed by atoms with Crippen molar-refractivity contribution in [2.45, 2.75) is 45.6 Å². The molecule has 20 heavy (non-hydrogen) atoms. The Morgan fingerprint density at radius 1 is 1.15 bits per heavy atom. The van der Waals surface area contributed by atoms with Crippen molar-refractivity contribution >= 4 is 5.69 Å². The molecule has 1 aromatic heterocycles. The number of hydrogen-bond acceptors (Lipinski definition) is 3. The molecule has 1 aromatic rings. The van der Waals surface area contributed by atoms with E-state index in [9.17, 15) is 0 Å². The predicted octanol–water partition coefficient (Wildman–Crippen LogP) is 3.09. The molecule has 2 aliphatic heterocycles. The van der Waals surface area contributed by atoms with Crippen LogP contribution in [0.1, 0.15) is 38.3 Å². The normalized spacial score (nSPS) is 23.2. The van der Waals surface area contributed by atoms with Crippen LogP contribution in [0, 0.1) is 12.8 Å². The zero-order valence-corrected chi connectivity index (χ0v) is 12.9. The molecule has 1 atom stereocenters. The van der Waals surface area contributed by atoms with Crippen LogP contribution in [0.3, 0.4) is 0 Å². The van der Waals surface area contributed by atoms with E-state index in [0.717, 1.165) is 17.7 Å². The second kappa shape index (κ2) is 6.13. The molecule has 0 aromatic carbocycles. The highest BCUT2D eigenvalue weighted by Crippen LogP contribution is 2.28. The van der Waals surface area contributed by atoms with Gasteiger partial charge in [0.2, 0.25) is 0 Å². The fraction of sp³-hybridized carbons (Fsp3) is 0.706. The summed E-state index contributed by atoms with van der Waals surface area (Å²) in [5.41, 5.74) is 2.47. The third kappa shape index (κ3) is 2.98. The van der Waals surface area contributed by atoms with Crippen molar-refractivity contribution in [3.63, 3.8) is 0 Å². The summed E-state index contributed by atoms with van der Waals surface area (Å²) in [7, 11) is 0. The van der Waals surface area contributed by atoms with Crippen LogP contribution in [0.2, 0.25) is 0 Å². The maximum Gasteiger partial charge on any atom is 0.0399 e. The number of anilines is 1. The van der Waals surface area contributed by atoms with Gasteiger partial charge in [-0.2, -0.15) is 0 Å². The Kier molecular flexibility index (Phi) is 4.25. The molecule has 2 fully saturated rings. The smallest absolute Gasteiger partial charge is 0.0399 e. The highest BCUT2D eigenvalue weighted by atomic mass is 15.2. The monoisotopic (exact) mass is 273 g/mol. The van der Waals surface area contributed by atoms with E-state index in [4.69, 9.17) is 0 Å². The lowest BCUT2D eigenvalue weighted by atomic mass is 9.89. The Morgan fingerprint density at radius 3 is 2.50 bits per heavy atom. The Labute approximate surface area is 123 Å². The quantitative estimate of drug-likeness (QED) is 0.843. The zero-order chi connectivity index (χ0) is 13.9.